The summed E-state index contributed by atoms with van der Waals surface area (Å²) in [5.74, 6) is 0.812. The van der Waals surface area contributed by atoms with Gasteiger partial charge < -0.3 is 0 Å². The van der Waals surface area contributed by atoms with Gasteiger partial charge in [0, 0.05) is 10.8 Å². The fourth-order valence-electron chi connectivity index (χ4n) is 2.38. The van der Waals surface area contributed by atoms with Gasteiger partial charge in [0.2, 0.25) is 0 Å². The molecule has 0 aliphatic rings. The molecule has 102 valence electrons. The van der Waals surface area contributed by atoms with Gasteiger partial charge in [0.15, 0.2) is 0 Å². The van der Waals surface area contributed by atoms with Gasteiger partial charge in [0.1, 0.15) is 0 Å². The Hall–Kier alpha value is -0.500. The van der Waals surface area contributed by atoms with E-state index in [2.05, 4.69) is 38.1 Å². The van der Waals surface area contributed by atoms with Crippen molar-refractivity contribution in [3.63, 3.8) is 0 Å². The second-order valence-corrected chi connectivity index (χ2v) is 6.68. The summed E-state index contributed by atoms with van der Waals surface area (Å²) in [4.78, 5) is 1.08. The van der Waals surface area contributed by atoms with E-state index < -0.39 is 0 Å². The maximum absolute atomic E-state index is 6.75. The number of hydrogen-bond acceptors (Lipinski definition) is 1. The number of rotatable bonds is 5. The fourth-order valence-corrected chi connectivity index (χ4v) is 4.30. The summed E-state index contributed by atoms with van der Waals surface area (Å²) in [6, 6.07) is 12.4. The van der Waals surface area contributed by atoms with E-state index in [9.17, 15) is 0 Å². The van der Waals surface area contributed by atoms with Gasteiger partial charge in [-0.25, -0.2) is 0 Å². The van der Waals surface area contributed by atoms with Crippen molar-refractivity contribution in [1.82, 2.24) is 0 Å². The van der Waals surface area contributed by atoms with Crippen LogP contribution in [0.25, 0.3) is 0 Å². The first-order valence-corrected chi connectivity index (χ1v) is 8.26. The molecule has 3 heteroatoms. The van der Waals surface area contributed by atoms with Crippen LogP contribution in [0.3, 0.4) is 0 Å². The monoisotopic (exact) mass is 312 g/mol. The van der Waals surface area contributed by atoms with E-state index in [1.54, 1.807) is 11.3 Å². The highest BCUT2D eigenvalue weighted by Crippen LogP contribution is 2.46. The van der Waals surface area contributed by atoms with Crippen LogP contribution < -0.4 is 0 Å². The van der Waals surface area contributed by atoms with Gasteiger partial charge >= 0.3 is 0 Å². The number of hydrogen-bond donors (Lipinski definition) is 0. The minimum atomic E-state index is -0.0650. The lowest BCUT2D eigenvalue weighted by Gasteiger charge is -2.28. The van der Waals surface area contributed by atoms with Crippen LogP contribution in [0.5, 0.6) is 0 Å². The quantitative estimate of drug-likeness (QED) is 0.552. The van der Waals surface area contributed by atoms with Crippen molar-refractivity contribution >= 4 is 34.5 Å². The second kappa shape index (κ2) is 6.78. The molecule has 19 heavy (non-hydrogen) atoms. The van der Waals surface area contributed by atoms with Crippen molar-refractivity contribution < 1.29 is 0 Å². The Morgan fingerprint density at radius 2 is 1.84 bits per heavy atom. The number of halogens is 2. The first kappa shape index (κ1) is 14.9. The molecule has 2 aromatic rings. The molecule has 0 saturated carbocycles. The summed E-state index contributed by atoms with van der Waals surface area (Å²) in [6.45, 7) is 4.47. The average Bonchev–Trinajstić information content (AvgIpc) is 2.86. The smallest absolute Gasteiger partial charge is 0.0764 e. The standard InChI is InChI=1S/C16H18Cl2S/c1-3-11(2)14(12-7-5-4-6-8-12)15(18)16-13(17)9-10-19-16/h4-11,14-15H,3H2,1-2H3. The number of thiophene rings is 1. The Kier molecular flexibility index (Phi) is 5.32. The largest absolute Gasteiger partial charge is 0.146 e. The zero-order chi connectivity index (χ0) is 13.8. The van der Waals surface area contributed by atoms with Gasteiger partial charge in [-0.2, -0.15) is 0 Å². The summed E-state index contributed by atoms with van der Waals surface area (Å²) < 4.78 is 0. The topological polar surface area (TPSA) is 0 Å². The second-order valence-electron chi connectivity index (χ2n) is 4.86. The summed E-state index contributed by atoms with van der Waals surface area (Å²) in [5.41, 5.74) is 1.29. The molecule has 2 rings (SSSR count). The van der Waals surface area contributed by atoms with Crippen LogP contribution in [0.4, 0.5) is 0 Å². The molecule has 0 fully saturated rings. The molecule has 0 saturated heterocycles. The van der Waals surface area contributed by atoms with Crippen molar-refractivity contribution in [2.24, 2.45) is 5.92 Å². The van der Waals surface area contributed by atoms with Gasteiger partial charge in [0.05, 0.1) is 10.4 Å². The van der Waals surface area contributed by atoms with Crippen molar-refractivity contribution in [2.45, 2.75) is 31.6 Å². The van der Waals surface area contributed by atoms with Crippen molar-refractivity contribution in [3.8, 4) is 0 Å². The van der Waals surface area contributed by atoms with Crippen LogP contribution in [0, 0.1) is 5.92 Å². The predicted molar refractivity (Wildman–Crippen MR) is 86.6 cm³/mol. The minimum absolute atomic E-state index is 0.0650. The molecular formula is C16H18Cl2S. The van der Waals surface area contributed by atoms with Crippen LogP contribution in [0.15, 0.2) is 41.8 Å². The van der Waals surface area contributed by atoms with Crippen molar-refractivity contribution in [1.29, 1.82) is 0 Å². The van der Waals surface area contributed by atoms with Crippen molar-refractivity contribution in [3.05, 3.63) is 57.2 Å². The molecule has 1 heterocycles. The molecule has 0 aliphatic carbocycles. The van der Waals surface area contributed by atoms with Gasteiger partial charge in [-0.3, -0.25) is 0 Å². The van der Waals surface area contributed by atoms with Crippen LogP contribution >= 0.6 is 34.5 Å². The number of benzene rings is 1. The van der Waals surface area contributed by atoms with E-state index in [4.69, 9.17) is 23.2 Å². The summed E-state index contributed by atoms with van der Waals surface area (Å²) in [5, 5.41) is 2.73. The van der Waals surface area contributed by atoms with Crippen LogP contribution in [0.2, 0.25) is 5.02 Å². The summed E-state index contributed by atoms with van der Waals surface area (Å²) in [7, 11) is 0. The molecule has 3 unspecified atom stereocenters. The molecule has 1 aromatic heterocycles. The molecule has 0 N–H and O–H groups in total. The first-order valence-electron chi connectivity index (χ1n) is 6.57. The Morgan fingerprint density at radius 3 is 2.37 bits per heavy atom. The SMILES string of the molecule is CCC(C)C(c1ccccc1)C(Cl)c1sccc1Cl. The normalized spacial score (nSPS) is 16.0. The van der Waals surface area contributed by atoms with Crippen LogP contribution in [0.1, 0.15) is 42.0 Å². The van der Waals surface area contributed by atoms with Gasteiger partial charge in [-0.05, 0) is 22.9 Å². The highest BCUT2D eigenvalue weighted by atomic mass is 35.5. The third kappa shape index (κ3) is 3.34. The predicted octanol–water partition coefficient (Wildman–Crippen LogP) is 6.51. The molecule has 0 bridgehead atoms. The van der Waals surface area contributed by atoms with E-state index in [1.807, 2.05) is 17.5 Å². The lowest BCUT2D eigenvalue weighted by Crippen LogP contribution is -2.14. The lowest BCUT2D eigenvalue weighted by molar-refractivity contribution is 0.436. The first-order chi connectivity index (χ1) is 9.15. The third-order valence-electron chi connectivity index (χ3n) is 3.65. The molecule has 0 amide bonds. The maximum atomic E-state index is 6.75. The van der Waals surface area contributed by atoms with Gasteiger partial charge in [-0.15, -0.1) is 22.9 Å². The summed E-state index contributed by atoms with van der Waals surface area (Å²) >= 11 is 14.6. The zero-order valence-electron chi connectivity index (χ0n) is 11.1. The Morgan fingerprint density at radius 1 is 1.16 bits per heavy atom. The number of alkyl halides is 1. The fraction of sp³-hybridized carbons (Fsp3) is 0.375. The average molecular weight is 313 g/mol. The van der Waals surface area contributed by atoms with E-state index >= 15 is 0 Å². The molecule has 0 spiro atoms. The van der Waals surface area contributed by atoms with E-state index in [-0.39, 0.29) is 5.38 Å². The molecule has 3 atom stereocenters. The van der Waals surface area contributed by atoms with Crippen molar-refractivity contribution in [2.75, 3.05) is 0 Å². The maximum Gasteiger partial charge on any atom is 0.0764 e. The Bertz CT molecular complexity index is 506. The van der Waals surface area contributed by atoms with E-state index in [1.165, 1.54) is 5.56 Å². The van der Waals surface area contributed by atoms with Gasteiger partial charge in [-0.1, -0.05) is 62.2 Å². The molecule has 0 aliphatic heterocycles. The molecule has 1 aromatic carbocycles. The highest BCUT2D eigenvalue weighted by Gasteiger charge is 2.29. The molecule has 0 nitrogen and oxygen atoms in total. The third-order valence-corrected chi connectivity index (χ3v) is 5.71. The zero-order valence-corrected chi connectivity index (χ0v) is 13.5. The van der Waals surface area contributed by atoms with Gasteiger partial charge in [0.25, 0.3) is 0 Å². The van der Waals surface area contributed by atoms with Crippen LogP contribution in [-0.2, 0) is 0 Å². The molecule has 0 radical (unpaired) electrons. The minimum Gasteiger partial charge on any atom is -0.146 e. The van der Waals surface area contributed by atoms with E-state index in [0.29, 0.717) is 11.8 Å². The lowest BCUT2D eigenvalue weighted by atomic mass is 9.82. The molecular weight excluding hydrogens is 295 g/mol. The Labute approximate surface area is 129 Å². The van der Waals surface area contributed by atoms with E-state index in [0.717, 1.165) is 16.3 Å². The highest BCUT2D eigenvalue weighted by molar-refractivity contribution is 7.11. The summed E-state index contributed by atoms with van der Waals surface area (Å²) in [6.07, 6.45) is 1.10. The van der Waals surface area contributed by atoms with Crippen LogP contribution in [-0.4, -0.2) is 0 Å². The Balaban J connectivity index is 2.36.